The quantitative estimate of drug-likeness (QED) is 0.815. The van der Waals surface area contributed by atoms with Gasteiger partial charge in [-0.3, -0.25) is 0 Å². The molecule has 16 heavy (non-hydrogen) atoms. The van der Waals surface area contributed by atoms with Gasteiger partial charge in [-0.2, -0.15) is 13.2 Å². The van der Waals surface area contributed by atoms with E-state index in [-0.39, 0.29) is 18.0 Å². The van der Waals surface area contributed by atoms with Gasteiger partial charge in [0.2, 0.25) is 0 Å². The highest BCUT2D eigenvalue weighted by molar-refractivity contribution is 5.85. The van der Waals surface area contributed by atoms with Gasteiger partial charge in [-0.25, -0.2) is 0 Å². The summed E-state index contributed by atoms with van der Waals surface area (Å²) in [6.45, 7) is 3.46. The third-order valence-electron chi connectivity index (χ3n) is 2.09. The van der Waals surface area contributed by atoms with E-state index >= 15 is 0 Å². The highest BCUT2D eigenvalue weighted by Gasteiger charge is 2.33. The second-order valence-electron chi connectivity index (χ2n) is 3.22. The van der Waals surface area contributed by atoms with Gasteiger partial charge in [-0.05, 0) is 18.1 Å². The highest BCUT2D eigenvalue weighted by Crippen LogP contribution is 2.34. The molecule has 0 bridgehead atoms. The first-order valence-corrected chi connectivity index (χ1v) is 4.49. The molecular weight excluding hydrogens is 239 g/mol. The second kappa shape index (κ2) is 5.92. The molecule has 1 aromatic rings. The van der Waals surface area contributed by atoms with Crippen LogP contribution in [0.1, 0.15) is 23.6 Å². The zero-order valence-corrected chi connectivity index (χ0v) is 9.31. The third-order valence-corrected chi connectivity index (χ3v) is 2.09. The van der Waals surface area contributed by atoms with Crippen molar-refractivity contribution in [2.45, 2.75) is 18.6 Å². The number of halogens is 4. The summed E-state index contributed by atoms with van der Waals surface area (Å²) in [5, 5.41) is 0. The summed E-state index contributed by atoms with van der Waals surface area (Å²) in [5.74, 6) is 0. The Kier molecular flexibility index (Phi) is 5.55. The standard InChI is InChI=1S/C11H12F3N.ClH/c1-2-5-10(15)8-6-3-4-7-9(8)11(12,13)14;/h2-4,6-7,10H,1,5,15H2;1H/t10-;/m1./s1. The summed E-state index contributed by atoms with van der Waals surface area (Å²) in [4.78, 5) is 0. The van der Waals surface area contributed by atoms with Crippen LogP contribution < -0.4 is 5.73 Å². The average molecular weight is 252 g/mol. The minimum absolute atomic E-state index is 0. The van der Waals surface area contributed by atoms with Crippen molar-refractivity contribution in [1.29, 1.82) is 0 Å². The summed E-state index contributed by atoms with van der Waals surface area (Å²) < 4.78 is 37.7. The molecule has 0 unspecified atom stereocenters. The molecule has 0 aliphatic carbocycles. The summed E-state index contributed by atoms with van der Waals surface area (Å²) in [6, 6.07) is 4.69. The zero-order valence-electron chi connectivity index (χ0n) is 8.50. The Bertz CT molecular complexity index is 349. The van der Waals surface area contributed by atoms with E-state index in [1.54, 1.807) is 6.07 Å². The van der Waals surface area contributed by atoms with Gasteiger partial charge in [-0.15, -0.1) is 19.0 Å². The van der Waals surface area contributed by atoms with Gasteiger partial charge >= 0.3 is 6.18 Å². The summed E-state index contributed by atoms with van der Waals surface area (Å²) in [5.41, 5.74) is 5.08. The van der Waals surface area contributed by atoms with Gasteiger partial charge in [0.05, 0.1) is 5.56 Å². The number of hydrogen-bond donors (Lipinski definition) is 1. The van der Waals surface area contributed by atoms with Crippen molar-refractivity contribution in [2.75, 3.05) is 0 Å². The maximum Gasteiger partial charge on any atom is 0.416 e. The number of nitrogens with two attached hydrogens (primary N) is 1. The van der Waals surface area contributed by atoms with Crippen molar-refractivity contribution in [1.82, 2.24) is 0 Å². The monoisotopic (exact) mass is 251 g/mol. The van der Waals surface area contributed by atoms with E-state index in [4.69, 9.17) is 5.73 Å². The molecule has 0 spiro atoms. The molecule has 90 valence electrons. The minimum Gasteiger partial charge on any atom is -0.324 e. The topological polar surface area (TPSA) is 26.0 Å². The van der Waals surface area contributed by atoms with Crippen LogP contribution >= 0.6 is 12.4 Å². The van der Waals surface area contributed by atoms with E-state index in [9.17, 15) is 13.2 Å². The second-order valence-corrected chi connectivity index (χ2v) is 3.22. The smallest absolute Gasteiger partial charge is 0.324 e. The lowest BCUT2D eigenvalue weighted by Crippen LogP contribution is -2.16. The van der Waals surface area contributed by atoms with E-state index in [0.717, 1.165) is 6.07 Å². The molecule has 1 nitrogen and oxygen atoms in total. The van der Waals surface area contributed by atoms with Crippen LogP contribution in [0.2, 0.25) is 0 Å². The van der Waals surface area contributed by atoms with E-state index in [2.05, 4.69) is 6.58 Å². The molecule has 0 saturated carbocycles. The Hall–Kier alpha value is -1.00. The molecule has 0 aliphatic rings. The van der Waals surface area contributed by atoms with Crippen molar-refractivity contribution in [2.24, 2.45) is 5.73 Å². The molecule has 0 aromatic heterocycles. The fourth-order valence-corrected chi connectivity index (χ4v) is 1.39. The van der Waals surface area contributed by atoms with Crippen LogP contribution in [0.3, 0.4) is 0 Å². The molecule has 1 atom stereocenters. The summed E-state index contributed by atoms with van der Waals surface area (Å²) in [6.07, 6.45) is -2.51. The van der Waals surface area contributed by atoms with Crippen molar-refractivity contribution < 1.29 is 13.2 Å². The van der Waals surface area contributed by atoms with Crippen molar-refractivity contribution in [3.05, 3.63) is 48.0 Å². The maximum atomic E-state index is 12.6. The fraction of sp³-hybridized carbons (Fsp3) is 0.273. The van der Waals surface area contributed by atoms with E-state index in [1.807, 2.05) is 0 Å². The zero-order chi connectivity index (χ0) is 11.5. The largest absolute Gasteiger partial charge is 0.416 e. The number of hydrogen-bond acceptors (Lipinski definition) is 1. The van der Waals surface area contributed by atoms with Crippen molar-refractivity contribution in [3.63, 3.8) is 0 Å². The molecule has 0 aliphatic heterocycles. The van der Waals surface area contributed by atoms with Crippen LogP contribution in [0.15, 0.2) is 36.9 Å². The normalized spacial score (nSPS) is 12.8. The van der Waals surface area contributed by atoms with Gasteiger partial charge in [0.1, 0.15) is 0 Å². The molecular formula is C11H13ClF3N. The van der Waals surface area contributed by atoms with Crippen LogP contribution in [0.5, 0.6) is 0 Å². The highest BCUT2D eigenvalue weighted by atomic mass is 35.5. The maximum absolute atomic E-state index is 12.6. The SMILES string of the molecule is C=CC[C@@H](N)c1ccccc1C(F)(F)F.Cl. The van der Waals surface area contributed by atoms with Crippen LogP contribution in [0.4, 0.5) is 13.2 Å². The predicted molar refractivity (Wildman–Crippen MR) is 60.4 cm³/mol. The molecule has 2 N–H and O–H groups in total. The minimum atomic E-state index is -4.35. The number of benzene rings is 1. The first-order chi connectivity index (χ1) is 6.96. The predicted octanol–water partition coefficient (Wildman–Crippen LogP) is 3.70. The van der Waals surface area contributed by atoms with Gasteiger partial charge < -0.3 is 5.73 Å². The van der Waals surface area contributed by atoms with Crippen LogP contribution in [0.25, 0.3) is 0 Å². The van der Waals surface area contributed by atoms with Crippen molar-refractivity contribution in [3.8, 4) is 0 Å². The van der Waals surface area contributed by atoms with Crippen LogP contribution in [-0.2, 0) is 6.18 Å². The van der Waals surface area contributed by atoms with Crippen molar-refractivity contribution >= 4 is 12.4 Å². The lowest BCUT2D eigenvalue weighted by molar-refractivity contribution is -0.138. The van der Waals surface area contributed by atoms with E-state index in [1.165, 1.54) is 18.2 Å². The Morgan fingerprint density at radius 2 is 1.88 bits per heavy atom. The molecule has 0 fully saturated rings. The lowest BCUT2D eigenvalue weighted by Gasteiger charge is -2.16. The fourth-order valence-electron chi connectivity index (χ4n) is 1.39. The van der Waals surface area contributed by atoms with Gasteiger partial charge in [0.15, 0.2) is 0 Å². The molecule has 0 saturated heterocycles. The summed E-state index contributed by atoms with van der Waals surface area (Å²) in [7, 11) is 0. The molecule has 1 aromatic carbocycles. The molecule has 0 amide bonds. The first-order valence-electron chi connectivity index (χ1n) is 4.49. The van der Waals surface area contributed by atoms with E-state index in [0.29, 0.717) is 6.42 Å². The van der Waals surface area contributed by atoms with Crippen LogP contribution in [0, 0.1) is 0 Å². The number of rotatable bonds is 3. The molecule has 5 heteroatoms. The first kappa shape index (κ1) is 15.0. The van der Waals surface area contributed by atoms with Gasteiger partial charge in [0, 0.05) is 6.04 Å². The number of alkyl halides is 3. The molecule has 0 heterocycles. The summed E-state index contributed by atoms with van der Waals surface area (Å²) >= 11 is 0. The van der Waals surface area contributed by atoms with Gasteiger partial charge in [-0.1, -0.05) is 24.3 Å². The Labute approximate surface area is 98.6 Å². The average Bonchev–Trinajstić information content (AvgIpc) is 2.17. The van der Waals surface area contributed by atoms with Gasteiger partial charge in [0.25, 0.3) is 0 Å². The Morgan fingerprint density at radius 3 is 2.38 bits per heavy atom. The Morgan fingerprint density at radius 1 is 1.31 bits per heavy atom. The Balaban J connectivity index is 0.00000225. The third kappa shape index (κ3) is 3.54. The van der Waals surface area contributed by atoms with Crippen LogP contribution in [-0.4, -0.2) is 0 Å². The lowest BCUT2D eigenvalue weighted by atomic mass is 9.98. The van der Waals surface area contributed by atoms with E-state index < -0.39 is 17.8 Å². The molecule has 0 radical (unpaired) electrons. The molecule has 1 rings (SSSR count).